The second-order valence-electron chi connectivity index (χ2n) is 7.54. The minimum absolute atomic E-state index is 0.340. The highest BCUT2D eigenvalue weighted by Gasteiger charge is 2.43. The minimum Gasteiger partial charge on any atom is -0.494 e. The molecule has 2 heterocycles. The molecule has 32 heavy (non-hydrogen) atoms. The second-order valence-corrected chi connectivity index (χ2v) is 7.54. The molecule has 0 radical (unpaired) electrons. The fourth-order valence-corrected chi connectivity index (χ4v) is 3.94. The molecule has 4 rings (SSSR count). The highest BCUT2D eigenvalue weighted by Crippen LogP contribution is 2.39. The van der Waals surface area contributed by atoms with Gasteiger partial charge in [-0.3, -0.25) is 9.59 Å². The first-order valence-electron chi connectivity index (χ1n) is 11.1. The summed E-state index contributed by atoms with van der Waals surface area (Å²) < 4.78 is 16.9. The van der Waals surface area contributed by atoms with Crippen molar-refractivity contribution < 1.29 is 23.8 Å². The SMILES string of the molecule is CCCOc1ccccc1N1C(=O)C(c2ccc(OCC)cc2)=C(N2CCOCC2)C1=O. The van der Waals surface area contributed by atoms with Crippen molar-refractivity contribution in [3.8, 4) is 11.5 Å². The molecular formula is C25H28N2O5. The summed E-state index contributed by atoms with van der Waals surface area (Å²) in [5, 5.41) is 0. The van der Waals surface area contributed by atoms with E-state index in [4.69, 9.17) is 14.2 Å². The number of amides is 2. The summed E-state index contributed by atoms with van der Waals surface area (Å²) in [5.74, 6) is 0.545. The smallest absolute Gasteiger partial charge is 0.282 e. The van der Waals surface area contributed by atoms with E-state index in [9.17, 15) is 9.59 Å². The molecule has 168 valence electrons. The van der Waals surface area contributed by atoms with Crippen LogP contribution in [0, 0.1) is 0 Å². The molecular weight excluding hydrogens is 408 g/mol. The van der Waals surface area contributed by atoms with E-state index in [1.54, 1.807) is 18.2 Å². The maximum absolute atomic E-state index is 13.7. The molecule has 0 aliphatic carbocycles. The standard InChI is InChI=1S/C25H28N2O5/c1-3-15-32-21-8-6-5-7-20(21)27-24(28)22(18-9-11-19(12-10-18)31-4-2)23(25(27)29)26-13-16-30-17-14-26/h5-12H,3-4,13-17H2,1-2H3. The number of imide groups is 1. The molecule has 0 aromatic heterocycles. The van der Waals surface area contributed by atoms with Crippen LogP contribution in [0.3, 0.4) is 0 Å². The molecule has 2 amide bonds. The number of hydrogen-bond donors (Lipinski definition) is 0. The molecule has 0 unspecified atom stereocenters. The average molecular weight is 437 g/mol. The Labute approximate surface area is 188 Å². The van der Waals surface area contributed by atoms with Crippen molar-refractivity contribution in [3.63, 3.8) is 0 Å². The molecule has 0 saturated carbocycles. The predicted molar refractivity (Wildman–Crippen MR) is 122 cm³/mol. The van der Waals surface area contributed by atoms with Crippen LogP contribution < -0.4 is 14.4 Å². The molecule has 1 saturated heterocycles. The quantitative estimate of drug-likeness (QED) is 0.590. The van der Waals surface area contributed by atoms with Crippen LogP contribution in [0.25, 0.3) is 5.57 Å². The maximum atomic E-state index is 13.7. The Morgan fingerprint density at radius 3 is 2.31 bits per heavy atom. The number of para-hydroxylation sites is 2. The molecule has 2 aromatic rings. The van der Waals surface area contributed by atoms with Gasteiger partial charge in [-0.15, -0.1) is 0 Å². The number of morpholine rings is 1. The summed E-state index contributed by atoms with van der Waals surface area (Å²) in [5.41, 5.74) is 1.95. The topological polar surface area (TPSA) is 68.3 Å². The number of rotatable bonds is 8. The minimum atomic E-state index is -0.354. The fraction of sp³-hybridized carbons (Fsp3) is 0.360. The monoisotopic (exact) mass is 436 g/mol. The van der Waals surface area contributed by atoms with E-state index < -0.39 is 0 Å². The van der Waals surface area contributed by atoms with Gasteiger partial charge in [-0.2, -0.15) is 0 Å². The molecule has 0 atom stereocenters. The van der Waals surface area contributed by atoms with Gasteiger partial charge in [0, 0.05) is 13.1 Å². The largest absolute Gasteiger partial charge is 0.494 e. The lowest BCUT2D eigenvalue weighted by atomic mass is 10.0. The summed E-state index contributed by atoms with van der Waals surface area (Å²) in [6.45, 7) is 7.12. The summed E-state index contributed by atoms with van der Waals surface area (Å²) in [4.78, 5) is 30.6. The Morgan fingerprint density at radius 1 is 0.906 bits per heavy atom. The van der Waals surface area contributed by atoms with Crippen molar-refractivity contribution in [2.24, 2.45) is 0 Å². The molecule has 7 nitrogen and oxygen atoms in total. The van der Waals surface area contributed by atoms with Crippen LogP contribution in [0.5, 0.6) is 11.5 Å². The van der Waals surface area contributed by atoms with Gasteiger partial charge in [0.1, 0.15) is 17.2 Å². The Balaban J connectivity index is 1.77. The van der Waals surface area contributed by atoms with E-state index in [1.807, 2.05) is 49.1 Å². The second kappa shape index (κ2) is 9.87. The van der Waals surface area contributed by atoms with Crippen molar-refractivity contribution in [1.29, 1.82) is 0 Å². The lowest BCUT2D eigenvalue weighted by Crippen LogP contribution is -2.40. The summed E-state index contributed by atoms with van der Waals surface area (Å²) in [6.07, 6.45) is 0.824. The molecule has 0 bridgehead atoms. The Bertz CT molecular complexity index is 1010. The first-order valence-corrected chi connectivity index (χ1v) is 11.1. The number of hydrogen-bond acceptors (Lipinski definition) is 6. The van der Waals surface area contributed by atoms with Gasteiger partial charge >= 0.3 is 0 Å². The van der Waals surface area contributed by atoms with Crippen molar-refractivity contribution in [2.75, 3.05) is 44.4 Å². The first kappa shape index (κ1) is 21.9. The lowest BCUT2D eigenvalue weighted by Gasteiger charge is -2.29. The Kier molecular flexibility index (Phi) is 6.75. The summed E-state index contributed by atoms with van der Waals surface area (Å²) in [7, 11) is 0. The zero-order chi connectivity index (χ0) is 22.5. The molecule has 0 spiro atoms. The number of anilines is 1. The average Bonchev–Trinajstić information content (AvgIpc) is 3.09. The van der Waals surface area contributed by atoms with Gasteiger partial charge in [-0.1, -0.05) is 31.2 Å². The van der Waals surface area contributed by atoms with Crippen molar-refractivity contribution in [3.05, 3.63) is 59.8 Å². The first-order chi connectivity index (χ1) is 15.7. The van der Waals surface area contributed by atoms with E-state index in [2.05, 4.69) is 0 Å². The summed E-state index contributed by atoms with van der Waals surface area (Å²) in [6, 6.07) is 14.5. The molecule has 2 aliphatic heterocycles. The summed E-state index contributed by atoms with van der Waals surface area (Å²) >= 11 is 0. The van der Waals surface area contributed by atoms with Gasteiger partial charge in [-0.05, 0) is 43.2 Å². The van der Waals surface area contributed by atoms with E-state index in [-0.39, 0.29) is 11.8 Å². The third kappa shape index (κ3) is 4.21. The number of carbonyl (C=O) groups is 2. The van der Waals surface area contributed by atoms with E-state index in [1.165, 1.54) is 4.90 Å². The van der Waals surface area contributed by atoms with Gasteiger partial charge < -0.3 is 19.1 Å². The number of ether oxygens (including phenoxy) is 3. The van der Waals surface area contributed by atoms with Crippen LogP contribution in [0.4, 0.5) is 5.69 Å². The van der Waals surface area contributed by atoms with Crippen LogP contribution in [-0.4, -0.2) is 56.2 Å². The van der Waals surface area contributed by atoms with E-state index in [0.717, 1.165) is 12.2 Å². The molecule has 2 aromatic carbocycles. The zero-order valence-electron chi connectivity index (χ0n) is 18.5. The van der Waals surface area contributed by atoms with Crippen LogP contribution in [0.15, 0.2) is 54.2 Å². The molecule has 1 fully saturated rings. The number of benzene rings is 2. The van der Waals surface area contributed by atoms with Crippen LogP contribution in [0.1, 0.15) is 25.8 Å². The molecule has 7 heteroatoms. The van der Waals surface area contributed by atoms with Gasteiger partial charge in [-0.25, -0.2) is 4.90 Å². The van der Waals surface area contributed by atoms with Crippen molar-refractivity contribution in [2.45, 2.75) is 20.3 Å². The van der Waals surface area contributed by atoms with Crippen LogP contribution in [0.2, 0.25) is 0 Å². The third-order valence-electron chi connectivity index (χ3n) is 5.41. The highest BCUT2D eigenvalue weighted by molar-refractivity contribution is 6.45. The van der Waals surface area contributed by atoms with E-state index in [0.29, 0.717) is 67.8 Å². The Hall–Kier alpha value is -3.32. The lowest BCUT2D eigenvalue weighted by molar-refractivity contribution is -0.121. The van der Waals surface area contributed by atoms with Gasteiger partial charge in [0.15, 0.2) is 0 Å². The third-order valence-corrected chi connectivity index (χ3v) is 5.41. The van der Waals surface area contributed by atoms with Crippen molar-refractivity contribution >= 4 is 23.1 Å². The van der Waals surface area contributed by atoms with Gasteiger partial charge in [0.25, 0.3) is 11.8 Å². The van der Waals surface area contributed by atoms with Crippen LogP contribution >= 0.6 is 0 Å². The molecule has 0 N–H and O–H groups in total. The predicted octanol–water partition coefficient (Wildman–Crippen LogP) is 3.49. The fourth-order valence-electron chi connectivity index (χ4n) is 3.94. The van der Waals surface area contributed by atoms with E-state index >= 15 is 0 Å². The van der Waals surface area contributed by atoms with Gasteiger partial charge in [0.2, 0.25) is 0 Å². The Morgan fingerprint density at radius 2 is 1.62 bits per heavy atom. The van der Waals surface area contributed by atoms with Crippen LogP contribution in [-0.2, 0) is 14.3 Å². The maximum Gasteiger partial charge on any atom is 0.282 e. The van der Waals surface area contributed by atoms with Crippen molar-refractivity contribution in [1.82, 2.24) is 4.90 Å². The van der Waals surface area contributed by atoms with Gasteiger partial charge in [0.05, 0.1) is 37.7 Å². The number of carbonyl (C=O) groups excluding carboxylic acids is 2. The normalized spacial score (nSPS) is 16.7. The number of nitrogens with zero attached hydrogens (tertiary/aromatic N) is 2. The molecule has 2 aliphatic rings. The zero-order valence-corrected chi connectivity index (χ0v) is 18.5. The highest BCUT2D eigenvalue weighted by atomic mass is 16.5.